The molecule has 0 bridgehead atoms. The van der Waals surface area contributed by atoms with Gasteiger partial charge >= 0.3 is 0 Å². The van der Waals surface area contributed by atoms with Crippen molar-refractivity contribution in [3.05, 3.63) is 0 Å². The maximum Gasteiger partial charge on any atom is 0.191 e. The number of unbranched alkanes of at least 4 members (excludes halogenated alkanes) is 6. The lowest BCUT2D eigenvalue weighted by atomic mass is 10.1. The zero-order valence-electron chi connectivity index (χ0n) is 17.7. The number of guanidine groups is 1. The molecule has 0 aromatic rings. The van der Waals surface area contributed by atoms with Crippen molar-refractivity contribution in [1.29, 1.82) is 0 Å². The molecule has 1 aliphatic heterocycles. The first-order valence-electron chi connectivity index (χ1n) is 10.6. The lowest BCUT2D eigenvalue weighted by Gasteiger charge is -2.35. The van der Waals surface area contributed by atoms with E-state index < -0.39 is 0 Å². The molecule has 5 nitrogen and oxygen atoms in total. The minimum Gasteiger partial charge on any atom is -0.357 e. The molecule has 0 saturated carbocycles. The van der Waals surface area contributed by atoms with E-state index in [0.717, 1.165) is 38.7 Å². The van der Waals surface area contributed by atoms with Crippen molar-refractivity contribution in [3.8, 4) is 0 Å². The molecule has 0 spiro atoms. The van der Waals surface area contributed by atoms with E-state index >= 15 is 0 Å². The van der Waals surface area contributed by atoms with E-state index in [4.69, 9.17) is 4.99 Å². The molecular formula is C20H44IN5. The van der Waals surface area contributed by atoms with Gasteiger partial charge < -0.3 is 15.5 Å². The summed E-state index contributed by atoms with van der Waals surface area (Å²) in [5, 5.41) is 6.88. The van der Waals surface area contributed by atoms with Gasteiger partial charge in [-0.05, 0) is 27.3 Å². The molecule has 0 aromatic heterocycles. The highest BCUT2D eigenvalue weighted by Gasteiger charge is 2.18. The second kappa shape index (κ2) is 17.0. The molecule has 156 valence electrons. The Morgan fingerprint density at radius 1 is 0.923 bits per heavy atom. The van der Waals surface area contributed by atoms with Crippen LogP contribution in [-0.2, 0) is 0 Å². The van der Waals surface area contributed by atoms with Crippen molar-refractivity contribution in [3.63, 3.8) is 0 Å². The van der Waals surface area contributed by atoms with Crippen molar-refractivity contribution in [2.24, 2.45) is 4.99 Å². The summed E-state index contributed by atoms with van der Waals surface area (Å²) < 4.78 is 0. The van der Waals surface area contributed by atoms with E-state index in [1.807, 2.05) is 0 Å². The smallest absolute Gasteiger partial charge is 0.191 e. The summed E-state index contributed by atoms with van der Waals surface area (Å²) in [4.78, 5) is 9.77. The normalized spacial score (nSPS) is 17.6. The minimum atomic E-state index is 0. The summed E-state index contributed by atoms with van der Waals surface area (Å²) in [5.41, 5.74) is 0. The molecule has 1 unspecified atom stereocenters. The lowest BCUT2D eigenvalue weighted by molar-refractivity contribution is 0.122. The first kappa shape index (κ1) is 25.9. The van der Waals surface area contributed by atoms with Gasteiger partial charge in [0, 0.05) is 45.3 Å². The second-order valence-corrected chi connectivity index (χ2v) is 7.46. The van der Waals surface area contributed by atoms with Crippen molar-refractivity contribution in [2.45, 2.75) is 71.8 Å². The summed E-state index contributed by atoms with van der Waals surface area (Å²) in [7, 11) is 2.21. The number of nitrogens with one attached hydrogen (secondary N) is 2. The molecule has 1 heterocycles. The molecule has 26 heavy (non-hydrogen) atoms. The van der Waals surface area contributed by atoms with E-state index in [0.29, 0.717) is 6.04 Å². The van der Waals surface area contributed by atoms with Crippen LogP contribution in [0.25, 0.3) is 0 Å². The highest BCUT2D eigenvalue weighted by molar-refractivity contribution is 14.0. The van der Waals surface area contributed by atoms with Gasteiger partial charge in [0.05, 0.1) is 6.54 Å². The zero-order valence-corrected chi connectivity index (χ0v) is 20.1. The SMILES string of the molecule is CCCCCCCCCNC(=NCC(C)N1CCN(C)CC1)NCC.I. The first-order valence-corrected chi connectivity index (χ1v) is 10.6. The van der Waals surface area contributed by atoms with Gasteiger partial charge in [-0.2, -0.15) is 0 Å². The molecule has 2 N–H and O–H groups in total. The highest BCUT2D eigenvalue weighted by atomic mass is 127. The van der Waals surface area contributed by atoms with E-state index in [-0.39, 0.29) is 24.0 Å². The molecule has 6 heteroatoms. The third kappa shape index (κ3) is 12.3. The van der Waals surface area contributed by atoms with Gasteiger partial charge in [0.15, 0.2) is 5.96 Å². The van der Waals surface area contributed by atoms with Crippen LogP contribution < -0.4 is 10.6 Å². The minimum absolute atomic E-state index is 0. The van der Waals surface area contributed by atoms with E-state index in [1.54, 1.807) is 0 Å². The largest absolute Gasteiger partial charge is 0.357 e. The number of halogens is 1. The van der Waals surface area contributed by atoms with E-state index in [9.17, 15) is 0 Å². The van der Waals surface area contributed by atoms with Crippen molar-refractivity contribution in [1.82, 2.24) is 20.4 Å². The Labute approximate surface area is 179 Å². The Bertz CT molecular complexity index is 343. The fraction of sp³-hybridized carbons (Fsp3) is 0.950. The third-order valence-electron chi connectivity index (χ3n) is 5.09. The van der Waals surface area contributed by atoms with Gasteiger partial charge in [-0.1, -0.05) is 45.4 Å². The molecule has 0 radical (unpaired) electrons. The zero-order chi connectivity index (χ0) is 18.3. The van der Waals surface area contributed by atoms with Crippen LogP contribution >= 0.6 is 24.0 Å². The van der Waals surface area contributed by atoms with Crippen LogP contribution in [0.3, 0.4) is 0 Å². The fourth-order valence-corrected chi connectivity index (χ4v) is 3.23. The maximum absolute atomic E-state index is 4.81. The number of hydrogen-bond acceptors (Lipinski definition) is 3. The van der Waals surface area contributed by atoms with Gasteiger partial charge in [-0.3, -0.25) is 9.89 Å². The van der Waals surface area contributed by atoms with Crippen LogP contribution in [-0.4, -0.2) is 74.7 Å². The molecule has 1 fully saturated rings. The summed E-state index contributed by atoms with van der Waals surface area (Å²) in [6.07, 6.45) is 9.45. The highest BCUT2D eigenvalue weighted by Crippen LogP contribution is 2.07. The topological polar surface area (TPSA) is 42.9 Å². The molecule has 0 aromatic carbocycles. The molecular weight excluding hydrogens is 437 g/mol. The van der Waals surface area contributed by atoms with Crippen molar-refractivity contribution in [2.75, 3.05) is 52.9 Å². The molecule has 1 saturated heterocycles. The molecule has 1 atom stereocenters. The molecule has 0 aliphatic carbocycles. The predicted molar refractivity (Wildman–Crippen MR) is 126 cm³/mol. The second-order valence-electron chi connectivity index (χ2n) is 7.46. The van der Waals surface area contributed by atoms with Crippen LogP contribution in [0.15, 0.2) is 4.99 Å². The van der Waals surface area contributed by atoms with Crippen LogP contribution in [0.5, 0.6) is 0 Å². The van der Waals surface area contributed by atoms with Crippen LogP contribution in [0.1, 0.15) is 65.7 Å². The third-order valence-corrected chi connectivity index (χ3v) is 5.09. The fourth-order valence-electron chi connectivity index (χ4n) is 3.23. The van der Waals surface area contributed by atoms with Gasteiger partial charge in [0.25, 0.3) is 0 Å². The monoisotopic (exact) mass is 481 g/mol. The lowest BCUT2D eigenvalue weighted by Crippen LogP contribution is -2.49. The van der Waals surface area contributed by atoms with Gasteiger partial charge in [0.1, 0.15) is 0 Å². The van der Waals surface area contributed by atoms with Crippen molar-refractivity contribution < 1.29 is 0 Å². The van der Waals surface area contributed by atoms with Crippen molar-refractivity contribution >= 4 is 29.9 Å². The standard InChI is InChI=1S/C20H43N5.HI/c1-5-7-8-9-10-11-12-13-22-20(21-6-2)23-18-19(3)25-16-14-24(4)15-17-25;/h19H,5-18H2,1-4H3,(H2,21,22,23);1H. The number of aliphatic imine (C=N–C) groups is 1. The molecule has 1 aliphatic rings. The quantitative estimate of drug-likeness (QED) is 0.194. The van der Waals surface area contributed by atoms with Crippen LogP contribution in [0, 0.1) is 0 Å². The number of likely N-dealkylation sites (N-methyl/N-ethyl adjacent to an activating group) is 1. The number of piperazine rings is 1. The average molecular weight is 482 g/mol. The Balaban J connectivity index is 0.00000625. The Hall–Kier alpha value is -0.0800. The number of rotatable bonds is 12. The first-order chi connectivity index (χ1) is 12.2. The Morgan fingerprint density at radius 2 is 1.54 bits per heavy atom. The van der Waals surface area contributed by atoms with E-state index in [2.05, 4.69) is 48.3 Å². The number of hydrogen-bond donors (Lipinski definition) is 2. The summed E-state index contributed by atoms with van der Waals surface area (Å²) in [5.74, 6) is 0.981. The number of nitrogens with zero attached hydrogens (tertiary/aromatic N) is 3. The van der Waals surface area contributed by atoms with Gasteiger partial charge in [-0.15, -0.1) is 24.0 Å². The van der Waals surface area contributed by atoms with Crippen LogP contribution in [0.2, 0.25) is 0 Å². The average Bonchev–Trinajstić information content (AvgIpc) is 2.62. The Kier molecular flexibility index (Phi) is 17.0. The summed E-state index contributed by atoms with van der Waals surface area (Å²) in [6.45, 7) is 14.2. The Morgan fingerprint density at radius 3 is 2.15 bits per heavy atom. The van der Waals surface area contributed by atoms with Crippen LogP contribution in [0.4, 0.5) is 0 Å². The predicted octanol–water partition coefficient (Wildman–Crippen LogP) is 3.55. The van der Waals surface area contributed by atoms with Gasteiger partial charge in [-0.25, -0.2) is 0 Å². The summed E-state index contributed by atoms with van der Waals surface area (Å²) >= 11 is 0. The maximum atomic E-state index is 4.81. The van der Waals surface area contributed by atoms with Gasteiger partial charge in [0.2, 0.25) is 0 Å². The molecule has 0 amide bonds. The molecule has 1 rings (SSSR count). The van der Waals surface area contributed by atoms with E-state index in [1.165, 1.54) is 58.0 Å². The summed E-state index contributed by atoms with van der Waals surface area (Å²) in [6, 6.07) is 0.516.